The average Bonchev–Trinajstić information content (AvgIpc) is 2.54. The summed E-state index contributed by atoms with van der Waals surface area (Å²) in [5.41, 5.74) is 0. The monoisotopic (exact) mass is 377 g/mol. The summed E-state index contributed by atoms with van der Waals surface area (Å²) in [5.74, 6) is 0. The van der Waals surface area contributed by atoms with E-state index < -0.39 is 22.1 Å². The van der Waals surface area contributed by atoms with Crippen molar-refractivity contribution >= 4 is 22.1 Å². The van der Waals surface area contributed by atoms with Crippen LogP contribution in [0.3, 0.4) is 0 Å². The highest BCUT2D eigenvalue weighted by Gasteiger charge is 2.34. The normalized spacial score (nSPS) is 13.8. The Morgan fingerprint density at radius 3 is 0.864 bits per heavy atom. The smallest absolute Gasteiger partial charge is 0.226 e. The molecule has 0 saturated heterocycles. The van der Waals surface area contributed by atoms with E-state index in [4.69, 9.17) is 13.9 Å². The molecule has 0 amide bonds. The van der Waals surface area contributed by atoms with Gasteiger partial charge >= 0.3 is 0 Å². The molecule has 0 aliphatic carbocycles. The minimum absolute atomic E-state index is 0.276. The molecule has 0 radical (unpaired) electrons. The van der Waals surface area contributed by atoms with E-state index in [0.29, 0.717) is 5.39 Å². The summed E-state index contributed by atoms with van der Waals surface area (Å²) in [6, 6.07) is 0. The lowest BCUT2D eigenvalue weighted by Crippen LogP contribution is -2.24. The second kappa shape index (κ2) is 9.74. The minimum Gasteiger partial charge on any atom is -0.291 e. The maximum atomic E-state index is 12.5. The Hall–Kier alpha value is 0.530. The highest BCUT2D eigenvalue weighted by Crippen LogP contribution is 2.56. The highest BCUT2D eigenvalue weighted by atomic mass is 31.2. The van der Waals surface area contributed by atoms with Crippen molar-refractivity contribution in [2.45, 2.75) is 41.5 Å². The second-order valence-electron chi connectivity index (χ2n) is 4.81. The van der Waals surface area contributed by atoms with Crippen molar-refractivity contribution in [2.75, 3.05) is 37.0 Å². The molecule has 0 N–H and O–H groups in total. The predicted molar refractivity (Wildman–Crippen MR) is 91.2 cm³/mol. The lowest BCUT2D eigenvalue weighted by Gasteiger charge is -2.29. The SMILES string of the molecule is CCP(=O)(CC)ON(OP(=O)(CC)CC)OP(=O)(CC)CC. The van der Waals surface area contributed by atoms with Crippen molar-refractivity contribution in [3.05, 3.63) is 0 Å². The van der Waals surface area contributed by atoms with E-state index in [9.17, 15) is 13.7 Å². The molecule has 0 aliphatic heterocycles. The first-order valence-corrected chi connectivity index (χ1v) is 13.8. The van der Waals surface area contributed by atoms with Gasteiger partial charge in [0.2, 0.25) is 22.1 Å². The van der Waals surface area contributed by atoms with Crippen molar-refractivity contribution in [1.29, 1.82) is 0 Å². The van der Waals surface area contributed by atoms with Crippen LogP contribution < -0.4 is 0 Å². The topological polar surface area (TPSA) is 82.1 Å². The fraction of sp³-hybridized carbons (Fsp3) is 1.00. The van der Waals surface area contributed by atoms with Crippen LogP contribution in [-0.4, -0.2) is 42.4 Å². The lowest BCUT2D eigenvalue weighted by molar-refractivity contribution is -0.409. The van der Waals surface area contributed by atoms with Crippen LogP contribution in [-0.2, 0) is 27.6 Å². The molecule has 0 atom stereocenters. The number of hydrogen-bond acceptors (Lipinski definition) is 7. The van der Waals surface area contributed by atoms with Gasteiger partial charge in [0.1, 0.15) is 0 Å². The molecule has 0 rings (SSSR count). The van der Waals surface area contributed by atoms with Gasteiger partial charge in [0.15, 0.2) is 0 Å². The Morgan fingerprint density at radius 2 is 0.727 bits per heavy atom. The number of nitrogens with zero attached hydrogens (tertiary/aromatic N) is 1. The summed E-state index contributed by atoms with van der Waals surface area (Å²) in [4.78, 5) is 0. The summed E-state index contributed by atoms with van der Waals surface area (Å²) in [5, 5.41) is 0.523. The minimum atomic E-state index is -3.02. The van der Waals surface area contributed by atoms with Crippen molar-refractivity contribution in [1.82, 2.24) is 5.39 Å². The Morgan fingerprint density at radius 1 is 0.545 bits per heavy atom. The van der Waals surface area contributed by atoms with Gasteiger partial charge in [0.25, 0.3) is 0 Å². The Kier molecular flexibility index (Phi) is 9.97. The van der Waals surface area contributed by atoms with Crippen LogP contribution in [0.1, 0.15) is 41.5 Å². The van der Waals surface area contributed by atoms with Gasteiger partial charge in [-0.25, -0.2) is 0 Å². The average molecular weight is 377 g/mol. The van der Waals surface area contributed by atoms with E-state index in [-0.39, 0.29) is 37.0 Å². The molecule has 0 aromatic carbocycles. The molecule has 0 saturated carbocycles. The molecule has 0 aliphatic rings. The van der Waals surface area contributed by atoms with Crippen LogP contribution >= 0.6 is 22.1 Å². The molecule has 0 unspecified atom stereocenters. The fourth-order valence-corrected chi connectivity index (χ4v) is 4.55. The maximum absolute atomic E-state index is 12.5. The lowest BCUT2D eigenvalue weighted by atomic mass is 11.0. The zero-order chi connectivity index (χ0) is 17.4. The zero-order valence-electron chi connectivity index (χ0n) is 14.5. The van der Waals surface area contributed by atoms with Gasteiger partial charge in [0.05, 0.1) is 5.39 Å². The standard InChI is InChI=1S/C12H30NO6P3/c1-7-20(14,8-2)17-13(18-21(15,9-3)10-4)19-22(16,11-5)12-6/h7-12H2,1-6H3. The summed E-state index contributed by atoms with van der Waals surface area (Å²) < 4.78 is 53.5. The molecule has 0 heterocycles. The Bertz CT molecular complexity index is 379. The van der Waals surface area contributed by atoms with E-state index in [1.165, 1.54) is 0 Å². The predicted octanol–water partition coefficient (Wildman–Crippen LogP) is 5.04. The van der Waals surface area contributed by atoms with Crippen molar-refractivity contribution in [3.63, 3.8) is 0 Å². The summed E-state index contributed by atoms with van der Waals surface area (Å²) in [6.07, 6.45) is 1.65. The molecule has 0 bridgehead atoms. The summed E-state index contributed by atoms with van der Waals surface area (Å²) >= 11 is 0. The summed E-state index contributed by atoms with van der Waals surface area (Å²) in [6.45, 7) is 10.3. The largest absolute Gasteiger partial charge is 0.291 e. The molecule has 22 heavy (non-hydrogen) atoms. The van der Waals surface area contributed by atoms with Gasteiger partial charge in [-0.2, -0.15) is 13.9 Å². The van der Waals surface area contributed by atoms with Crippen LogP contribution in [0, 0.1) is 0 Å². The molecule has 0 aromatic rings. The quantitative estimate of drug-likeness (QED) is 0.348. The van der Waals surface area contributed by atoms with E-state index in [1.54, 1.807) is 41.5 Å². The molecular weight excluding hydrogens is 347 g/mol. The third-order valence-corrected chi connectivity index (χ3v) is 10.6. The molecule has 10 heteroatoms. The van der Waals surface area contributed by atoms with Gasteiger partial charge in [-0.1, -0.05) is 41.5 Å². The number of rotatable bonds is 12. The van der Waals surface area contributed by atoms with Crippen molar-refractivity contribution in [2.24, 2.45) is 0 Å². The van der Waals surface area contributed by atoms with Crippen LogP contribution in [0.4, 0.5) is 0 Å². The molecule has 0 spiro atoms. The van der Waals surface area contributed by atoms with Crippen molar-refractivity contribution in [3.8, 4) is 0 Å². The molecular formula is C12H30NO6P3. The van der Waals surface area contributed by atoms with Gasteiger partial charge < -0.3 is 0 Å². The molecule has 134 valence electrons. The van der Waals surface area contributed by atoms with E-state index in [0.717, 1.165) is 0 Å². The Labute approximate surface area is 134 Å². The second-order valence-corrected chi connectivity index (χ2v) is 14.0. The van der Waals surface area contributed by atoms with Crippen LogP contribution in [0.2, 0.25) is 0 Å². The zero-order valence-corrected chi connectivity index (χ0v) is 17.2. The van der Waals surface area contributed by atoms with Crippen LogP contribution in [0.5, 0.6) is 0 Å². The highest BCUT2D eigenvalue weighted by molar-refractivity contribution is 7.60. The van der Waals surface area contributed by atoms with E-state index in [1.807, 2.05) is 0 Å². The third-order valence-electron chi connectivity index (χ3n) is 3.54. The third kappa shape index (κ3) is 6.97. The maximum Gasteiger partial charge on any atom is 0.226 e. The van der Waals surface area contributed by atoms with E-state index in [2.05, 4.69) is 0 Å². The number of hydrogen-bond donors (Lipinski definition) is 0. The fourth-order valence-electron chi connectivity index (χ4n) is 1.43. The molecule has 0 fully saturated rings. The van der Waals surface area contributed by atoms with Crippen molar-refractivity contribution < 1.29 is 27.6 Å². The Balaban J connectivity index is 5.36. The van der Waals surface area contributed by atoms with Crippen LogP contribution in [0.25, 0.3) is 0 Å². The van der Waals surface area contributed by atoms with Gasteiger partial charge in [-0.3, -0.25) is 13.7 Å². The first-order chi connectivity index (χ1) is 10.1. The van der Waals surface area contributed by atoms with Gasteiger partial charge in [-0.15, -0.1) is 0 Å². The first-order valence-electron chi connectivity index (χ1n) is 7.78. The van der Waals surface area contributed by atoms with E-state index >= 15 is 0 Å². The summed E-state index contributed by atoms with van der Waals surface area (Å²) in [7, 11) is -9.05. The van der Waals surface area contributed by atoms with Gasteiger partial charge in [-0.05, 0) is 0 Å². The van der Waals surface area contributed by atoms with Crippen LogP contribution in [0.15, 0.2) is 0 Å². The first kappa shape index (κ1) is 22.5. The molecule has 7 nitrogen and oxygen atoms in total. The van der Waals surface area contributed by atoms with Gasteiger partial charge in [0, 0.05) is 37.0 Å². The molecule has 0 aromatic heterocycles.